The van der Waals surface area contributed by atoms with Crippen LogP contribution in [0.5, 0.6) is 0 Å². The summed E-state index contributed by atoms with van der Waals surface area (Å²) < 4.78 is 0. The Bertz CT molecular complexity index is 549. The fourth-order valence-corrected chi connectivity index (χ4v) is 2.44. The molecule has 122 valence electrons. The van der Waals surface area contributed by atoms with Crippen LogP contribution in [0.25, 0.3) is 0 Å². The Morgan fingerprint density at radius 1 is 1.18 bits per heavy atom. The van der Waals surface area contributed by atoms with Crippen LogP contribution in [0.4, 0.5) is 5.13 Å². The minimum absolute atomic E-state index is 0.0168. The molecule has 0 aromatic carbocycles. The van der Waals surface area contributed by atoms with Crippen LogP contribution in [-0.4, -0.2) is 34.4 Å². The molecule has 0 aliphatic heterocycles. The first-order valence-electron chi connectivity index (χ1n) is 6.93. The number of aliphatic carboxylic acids is 1. The minimum atomic E-state index is -0.975. The molecule has 0 saturated heterocycles. The summed E-state index contributed by atoms with van der Waals surface area (Å²) in [6.45, 7) is 6.18. The number of hydrogen-bond acceptors (Lipinski definition) is 5. The van der Waals surface area contributed by atoms with E-state index in [1.807, 2.05) is 26.2 Å². The van der Waals surface area contributed by atoms with Crippen LogP contribution < -0.4 is 10.6 Å². The Morgan fingerprint density at radius 3 is 2.36 bits per heavy atom. The molecule has 0 aliphatic carbocycles. The van der Waals surface area contributed by atoms with E-state index in [1.54, 1.807) is 0 Å². The summed E-state index contributed by atoms with van der Waals surface area (Å²) in [5, 5.41) is 16.0. The molecule has 0 unspecified atom stereocenters. The lowest BCUT2D eigenvalue weighted by Crippen LogP contribution is -2.27. The number of carboxylic acid groups (broad SMARTS) is 1. The second-order valence-corrected chi connectivity index (χ2v) is 6.69. The second-order valence-electron chi connectivity index (χ2n) is 5.83. The van der Waals surface area contributed by atoms with Gasteiger partial charge in [-0.1, -0.05) is 20.8 Å². The highest BCUT2D eigenvalue weighted by molar-refractivity contribution is 7.13. The Labute approximate surface area is 133 Å². The van der Waals surface area contributed by atoms with Gasteiger partial charge >= 0.3 is 5.97 Å². The van der Waals surface area contributed by atoms with Crippen LogP contribution in [-0.2, 0) is 19.8 Å². The highest BCUT2D eigenvalue weighted by atomic mass is 32.1. The zero-order valence-corrected chi connectivity index (χ0v) is 13.7. The third-order valence-corrected chi connectivity index (χ3v) is 3.52. The SMILES string of the molecule is CC(C)(C)c1csc(NC(=O)CCC(=O)NCCC(=O)O)n1. The van der Waals surface area contributed by atoms with Gasteiger partial charge < -0.3 is 15.7 Å². The highest BCUT2D eigenvalue weighted by Gasteiger charge is 2.18. The third kappa shape index (κ3) is 6.66. The maximum absolute atomic E-state index is 11.7. The topological polar surface area (TPSA) is 108 Å². The van der Waals surface area contributed by atoms with Gasteiger partial charge in [0.05, 0.1) is 12.1 Å². The first kappa shape index (κ1) is 18.1. The number of thiazole rings is 1. The van der Waals surface area contributed by atoms with Gasteiger partial charge in [0.25, 0.3) is 0 Å². The summed E-state index contributed by atoms with van der Waals surface area (Å²) in [5.74, 6) is -1.61. The van der Waals surface area contributed by atoms with Crippen molar-refractivity contribution in [3.8, 4) is 0 Å². The first-order chi connectivity index (χ1) is 10.2. The summed E-state index contributed by atoms with van der Waals surface area (Å²) in [4.78, 5) is 37.8. The molecule has 0 spiro atoms. The number of anilines is 1. The quantitative estimate of drug-likeness (QED) is 0.707. The molecule has 0 fully saturated rings. The van der Waals surface area contributed by atoms with E-state index in [9.17, 15) is 14.4 Å². The molecule has 1 aromatic rings. The standard InChI is InChI=1S/C14H21N3O4S/c1-14(2,3)9-8-22-13(16-9)17-11(19)5-4-10(18)15-7-6-12(20)21/h8H,4-7H2,1-3H3,(H,15,18)(H,20,21)(H,16,17,19). The van der Waals surface area contributed by atoms with Crippen molar-refractivity contribution in [2.45, 2.75) is 45.4 Å². The number of nitrogens with one attached hydrogen (secondary N) is 2. The second kappa shape index (κ2) is 7.88. The number of hydrogen-bond donors (Lipinski definition) is 3. The number of carbonyl (C=O) groups excluding carboxylic acids is 2. The van der Waals surface area contributed by atoms with Gasteiger partial charge in [-0.05, 0) is 0 Å². The molecule has 0 bridgehead atoms. The van der Waals surface area contributed by atoms with Gasteiger partial charge in [-0.15, -0.1) is 11.3 Å². The summed E-state index contributed by atoms with van der Waals surface area (Å²) in [6.07, 6.45) is -0.0844. The van der Waals surface area contributed by atoms with Gasteiger partial charge in [-0.2, -0.15) is 0 Å². The average molecular weight is 327 g/mol. The summed E-state index contributed by atoms with van der Waals surface area (Å²) >= 11 is 1.35. The number of amides is 2. The van der Waals surface area contributed by atoms with Gasteiger partial charge in [0.1, 0.15) is 0 Å². The van der Waals surface area contributed by atoms with Crippen molar-refractivity contribution in [2.75, 3.05) is 11.9 Å². The maximum atomic E-state index is 11.7. The third-order valence-electron chi connectivity index (χ3n) is 2.76. The summed E-state index contributed by atoms with van der Waals surface area (Å²) in [6, 6.07) is 0. The molecule has 0 saturated carbocycles. The number of rotatable bonds is 7. The van der Waals surface area contributed by atoms with E-state index >= 15 is 0 Å². The van der Waals surface area contributed by atoms with E-state index in [1.165, 1.54) is 11.3 Å². The van der Waals surface area contributed by atoms with Gasteiger partial charge in [0, 0.05) is 30.2 Å². The lowest BCUT2D eigenvalue weighted by Gasteiger charge is -2.14. The van der Waals surface area contributed by atoms with Crippen molar-refractivity contribution in [1.29, 1.82) is 0 Å². The van der Waals surface area contributed by atoms with Crippen molar-refractivity contribution < 1.29 is 19.5 Å². The molecule has 0 atom stereocenters. The fourth-order valence-electron chi connectivity index (χ4n) is 1.48. The number of nitrogens with zero attached hydrogens (tertiary/aromatic N) is 1. The van der Waals surface area contributed by atoms with Gasteiger partial charge in [0.15, 0.2) is 5.13 Å². The Balaban J connectivity index is 2.33. The van der Waals surface area contributed by atoms with E-state index in [2.05, 4.69) is 15.6 Å². The molecule has 8 heteroatoms. The van der Waals surface area contributed by atoms with Crippen molar-refractivity contribution in [1.82, 2.24) is 10.3 Å². The van der Waals surface area contributed by atoms with Crippen molar-refractivity contribution >= 4 is 34.3 Å². The maximum Gasteiger partial charge on any atom is 0.305 e. The lowest BCUT2D eigenvalue weighted by molar-refractivity contribution is -0.137. The monoisotopic (exact) mass is 327 g/mol. The zero-order chi connectivity index (χ0) is 16.8. The van der Waals surface area contributed by atoms with Crippen molar-refractivity contribution in [3.05, 3.63) is 11.1 Å². The summed E-state index contributed by atoms with van der Waals surface area (Å²) in [5.41, 5.74) is 0.822. The fraction of sp³-hybridized carbons (Fsp3) is 0.571. The average Bonchev–Trinajstić information content (AvgIpc) is 2.84. The van der Waals surface area contributed by atoms with Gasteiger partial charge in [-0.25, -0.2) is 4.98 Å². The summed E-state index contributed by atoms with van der Waals surface area (Å²) in [7, 11) is 0. The first-order valence-corrected chi connectivity index (χ1v) is 7.81. The molecule has 1 heterocycles. The van der Waals surface area contributed by atoms with Crippen LogP contribution in [0, 0.1) is 0 Å². The van der Waals surface area contributed by atoms with Crippen LogP contribution in [0.15, 0.2) is 5.38 Å². The largest absolute Gasteiger partial charge is 0.481 e. The molecular formula is C14H21N3O4S. The van der Waals surface area contributed by atoms with Gasteiger partial charge in [0.2, 0.25) is 11.8 Å². The molecule has 0 radical (unpaired) electrons. The molecule has 1 aromatic heterocycles. The lowest BCUT2D eigenvalue weighted by atomic mass is 9.93. The smallest absolute Gasteiger partial charge is 0.305 e. The number of carboxylic acids is 1. The van der Waals surface area contributed by atoms with E-state index in [4.69, 9.17) is 5.11 Å². The number of aromatic nitrogens is 1. The predicted molar refractivity (Wildman–Crippen MR) is 83.9 cm³/mol. The van der Waals surface area contributed by atoms with Crippen molar-refractivity contribution in [2.24, 2.45) is 0 Å². The zero-order valence-electron chi connectivity index (χ0n) is 12.9. The molecule has 22 heavy (non-hydrogen) atoms. The highest BCUT2D eigenvalue weighted by Crippen LogP contribution is 2.26. The Hall–Kier alpha value is -1.96. The molecule has 1 rings (SSSR count). The Kier molecular flexibility index (Phi) is 6.48. The minimum Gasteiger partial charge on any atom is -0.481 e. The van der Waals surface area contributed by atoms with Gasteiger partial charge in [-0.3, -0.25) is 14.4 Å². The molecule has 0 aliphatic rings. The van der Waals surface area contributed by atoms with Crippen LogP contribution in [0.2, 0.25) is 0 Å². The van der Waals surface area contributed by atoms with E-state index in [0.717, 1.165) is 5.69 Å². The van der Waals surface area contributed by atoms with Crippen LogP contribution in [0.3, 0.4) is 0 Å². The molecule has 7 nitrogen and oxygen atoms in total. The van der Waals surface area contributed by atoms with Crippen LogP contribution in [0.1, 0.15) is 45.7 Å². The predicted octanol–water partition coefficient (Wildman–Crippen LogP) is 1.75. The van der Waals surface area contributed by atoms with Crippen molar-refractivity contribution in [3.63, 3.8) is 0 Å². The number of carbonyl (C=O) groups is 3. The normalized spacial score (nSPS) is 11.0. The molecular weight excluding hydrogens is 306 g/mol. The van der Waals surface area contributed by atoms with Crippen LogP contribution >= 0.6 is 11.3 Å². The van der Waals surface area contributed by atoms with E-state index in [-0.39, 0.29) is 43.0 Å². The molecule has 2 amide bonds. The van der Waals surface area contributed by atoms with E-state index in [0.29, 0.717) is 5.13 Å². The van der Waals surface area contributed by atoms with E-state index < -0.39 is 5.97 Å². The Morgan fingerprint density at radius 2 is 1.82 bits per heavy atom. The molecule has 3 N–H and O–H groups in total.